The van der Waals surface area contributed by atoms with Crippen LogP contribution in [0.15, 0.2) is 30.3 Å². The number of unbranched alkanes of at least 4 members (excludes halogenated alkanes) is 5. The second-order valence-corrected chi connectivity index (χ2v) is 8.96. The fourth-order valence-corrected chi connectivity index (χ4v) is 4.24. The third kappa shape index (κ3) is 12.1. The van der Waals surface area contributed by atoms with E-state index in [1.54, 1.807) is 22.3 Å². The number of hydrogen-bond donors (Lipinski definition) is 0. The van der Waals surface area contributed by atoms with E-state index in [1.807, 2.05) is 0 Å². The Kier molecular flexibility index (Phi) is 19.4. The van der Waals surface area contributed by atoms with Gasteiger partial charge in [-0.15, -0.1) is 0 Å². The van der Waals surface area contributed by atoms with Crippen molar-refractivity contribution in [2.24, 2.45) is 0 Å². The van der Waals surface area contributed by atoms with Crippen molar-refractivity contribution in [1.29, 1.82) is 0 Å². The average molecular weight is 467 g/mol. The molecule has 178 valence electrons. The molecule has 2 aromatic rings. The Morgan fingerprint density at radius 2 is 1.29 bits per heavy atom. The number of aryl methyl sites for hydroxylation is 3. The average Bonchev–Trinajstić information content (AvgIpc) is 3.40. The molecule has 0 N–H and O–H groups in total. The molecule has 0 heterocycles. The van der Waals surface area contributed by atoms with E-state index in [0.717, 1.165) is 0 Å². The molecule has 0 aromatic heterocycles. The van der Waals surface area contributed by atoms with Crippen molar-refractivity contribution in [3.8, 4) is 0 Å². The zero-order valence-corrected chi connectivity index (χ0v) is 22.5. The summed E-state index contributed by atoms with van der Waals surface area (Å²) in [4.78, 5) is 0. The molecular formula is C30H50Fe. The van der Waals surface area contributed by atoms with Gasteiger partial charge in [0.15, 0.2) is 0 Å². The van der Waals surface area contributed by atoms with Crippen LogP contribution in [0.1, 0.15) is 127 Å². The molecule has 0 aliphatic rings. The van der Waals surface area contributed by atoms with Gasteiger partial charge in [0, 0.05) is 0 Å². The summed E-state index contributed by atoms with van der Waals surface area (Å²) in [6.07, 6.45) is 19.8. The first-order chi connectivity index (χ1) is 14.7. The van der Waals surface area contributed by atoms with Gasteiger partial charge in [0.2, 0.25) is 0 Å². The first-order valence-electron chi connectivity index (χ1n) is 13.2. The Bertz CT molecular complexity index is 583. The van der Waals surface area contributed by atoms with Crippen LogP contribution in [-0.2, 0) is 49.2 Å². The van der Waals surface area contributed by atoms with E-state index in [2.05, 4.69) is 65.0 Å². The standard InChI is InChI=1S/C21H37.C9H13.Fe/c1-5-9-13-18-17-19(14-10-6-2)21(16-12-8-4)20(18)15-11-7-3;1-2-3-6-9-7-4-5-8-9;/h17H,5-16H2,1-4H3;4-5,7-8H,2-3,6H2,1H3;/q2*-1;+2. The van der Waals surface area contributed by atoms with Crippen LogP contribution in [-0.4, -0.2) is 0 Å². The molecule has 0 saturated heterocycles. The summed E-state index contributed by atoms with van der Waals surface area (Å²) in [5, 5.41) is 0. The van der Waals surface area contributed by atoms with Crippen molar-refractivity contribution in [2.45, 2.75) is 131 Å². The summed E-state index contributed by atoms with van der Waals surface area (Å²) in [6.45, 7) is 11.5. The molecular weight excluding hydrogens is 416 g/mol. The summed E-state index contributed by atoms with van der Waals surface area (Å²) in [6, 6.07) is 11.2. The summed E-state index contributed by atoms with van der Waals surface area (Å²) in [5.74, 6) is 0. The minimum absolute atomic E-state index is 0. The molecule has 0 radical (unpaired) electrons. The molecule has 0 atom stereocenters. The van der Waals surface area contributed by atoms with Gasteiger partial charge in [0.25, 0.3) is 0 Å². The van der Waals surface area contributed by atoms with Crippen LogP contribution in [0.2, 0.25) is 0 Å². The minimum atomic E-state index is 0. The van der Waals surface area contributed by atoms with Crippen LogP contribution in [0, 0.1) is 0 Å². The molecule has 2 rings (SSSR count). The summed E-state index contributed by atoms with van der Waals surface area (Å²) in [5.41, 5.74) is 8.39. The van der Waals surface area contributed by atoms with Crippen molar-refractivity contribution < 1.29 is 17.1 Å². The topological polar surface area (TPSA) is 0 Å². The summed E-state index contributed by atoms with van der Waals surface area (Å²) < 4.78 is 0. The third-order valence-corrected chi connectivity index (χ3v) is 6.20. The molecule has 0 bridgehead atoms. The van der Waals surface area contributed by atoms with E-state index < -0.39 is 0 Å². The van der Waals surface area contributed by atoms with Crippen LogP contribution in [0.25, 0.3) is 0 Å². The van der Waals surface area contributed by atoms with Gasteiger partial charge in [0.1, 0.15) is 0 Å². The van der Waals surface area contributed by atoms with Crippen LogP contribution in [0.5, 0.6) is 0 Å². The fraction of sp³-hybridized carbons (Fsp3) is 0.667. The molecule has 0 saturated carbocycles. The van der Waals surface area contributed by atoms with Gasteiger partial charge < -0.3 is 0 Å². The van der Waals surface area contributed by atoms with Crippen molar-refractivity contribution in [3.63, 3.8) is 0 Å². The molecule has 1 heteroatoms. The minimum Gasteiger partial charge on any atom is -0.213 e. The van der Waals surface area contributed by atoms with Gasteiger partial charge in [-0.05, 0) is 0 Å². The third-order valence-electron chi connectivity index (χ3n) is 6.20. The predicted molar refractivity (Wildman–Crippen MR) is 137 cm³/mol. The van der Waals surface area contributed by atoms with E-state index >= 15 is 0 Å². The summed E-state index contributed by atoms with van der Waals surface area (Å²) in [7, 11) is 0. The number of rotatable bonds is 15. The van der Waals surface area contributed by atoms with Crippen LogP contribution in [0.3, 0.4) is 0 Å². The Morgan fingerprint density at radius 1 is 0.710 bits per heavy atom. The van der Waals surface area contributed by atoms with E-state index in [9.17, 15) is 0 Å². The van der Waals surface area contributed by atoms with Crippen LogP contribution >= 0.6 is 0 Å². The van der Waals surface area contributed by atoms with E-state index in [0.29, 0.717) is 0 Å². The van der Waals surface area contributed by atoms with Crippen LogP contribution < -0.4 is 0 Å². The predicted octanol–water partition coefficient (Wildman–Crippen LogP) is 9.52. The molecule has 31 heavy (non-hydrogen) atoms. The zero-order chi connectivity index (χ0) is 22.0. The molecule has 0 spiro atoms. The van der Waals surface area contributed by atoms with Crippen molar-refractivity contribution >= 4 is 0 Å². The maximum atomic E-state index is 2.58. The largest absolute Gasteiger partial charge is 2.00 e. The summed E-state index contributed by atoms with van der Waals surface area (Å²) >= 11 is 0. The Morgan fingerprint density at radius 3 is 1.87 bits per heavy atom. The maximum Gasteiger partial charge on any atom is 2.00 e. The van der Waals surface area contributed by atoms with E-state index in [1.165, 1.54) is 102 Å². The van der Waals surface area contributed by atoms with E-state index in [-0.39, 0.29) is 17.1 Å². The van der Waals surface area contributed by atoms with Crippen LogP contribution in [0.4, 0.5) is 0 Å². The van der Waals surface area contributed by atoms with Gasteiger partial charge in [-0.3, -0.25) is 0 Å². The zero-order valence-electron chi connectivity index (χ0n) is 21.3. The normalized spacial score (nSPS) is 10.5. The Balaban J connectivity index is 0.000000753. The van der Waals surface area contributed by atoms with Gasteiger partial charge >= 0.3 is 17.1 Å². The number of hydrogen-bond acceptors (Lipinski definition) is 0. The molecule has 0 aliphatic heterocycles. The molecule has 0 amide bonds. The van der Waals surface area contributed by atoms with Gasteiger partial charge in [-0.2, -0.15) is 39.9 Å². The molecule has 2 aromatic carbocycles. The van der Waals surface area contributed by atoms with Crippen molar-refractivity contribution in [2.75, 3.05) is 0 Å². The molecule has 0 aliphatic carbocycles. The quantitative estimate of drug-likeness (QED) is 0.181. The molecule has 0 unspecified atom stereocenters. The van der Waals surface area contributed by atoms with Gasteiger partial charge in [-0.25, -0.2) is 18.2 Å². The van der Waals surface area contributed by atoms with Gasteiger partial charge in [0.05, 0.1) is 0 Å². The maximum absolute atomic E-state index is 2.58. The fourth-order valence-electron chi connectivity index (χ4n) is 4.24. The first kappa shape index (κ1) is 30.2. The smallest absolute Gasteiger partial charge is 0.213 e. The van der Waals surface area contributed by atoms with Crippen molar-refractivity contribution in [3.05, 3.63) is 58.1 Å². The molecule has 0 nitrogen and oxygen atoms in total. The monoisotopic (exact) mass is 466 g/mol. The van der Waals surface area contributed by atoms with Crippen molar-refractivity contribution in [1.82, 2.24) is 0 Å². The SMILES string of the molecule is CCCCc1cc(CCCC)[c-](CCCC)c1CCCC.CCCCc1ccc[cH-]1.[Fe+2]. The van der Waals surface area contributed by atoms with Gasteiger partial charge in [-0.1, -0.05) is 131 Å². The van der Waals surface area contributed by atoms with E-state index in [4.69, 9.17) is 0 Å². The Hall–Kier alpha value is -0.781. The second-order valence-electron chi connectivity index (χ2n) is 8.96. The Labute approximate surface area is 205 Å². The molecule has 0 fully saturated rings. The first-order valence-corrected chi connectivity index (χ1v) is 13.2. The second kappa shape index (κ2) is 19.9.